The largest absolute Gasteiger partial charge is 0.457 e. The van der Waals surface area contributed by atoms with Gasteiger partial charge in [0.25, 0.3) is 0 Å². The molecule has 3 aromatic rings. The molecule has 0 aliphatic carbocycles. The van der Waals surface area contributed by atoms with Gasteiger partial charge in [0.15, 0.2) is 0 Å². The predicted molar refractivity (Wildman–Crippen MR) is 174 cm³/mol. The van der Waals surface area contributed by atoms with Gasteiger partial charge in [0.05, 0.1) is 24.2 Å². The second-order valence-corrected chi connectivity index (χ2v) is 14.9. The van der Waals surface area contributed by atoms with E-state index in [9.17, 15) is 22.6 Å². The standard InChI is InChI=1S/C32H42N3O9PS/c1-24(2)21-42-45(38,43-22-25(3)4)32(37)33-19-27(35-31(36)41-23-26-11-7-5-8-12-26)20-34-46(39,40)30-17-15-29(16-18-30)44-28-13-9-6-10-14-28/h5-18,24-25,27,34H,19-23H2,1-4H3,(H,33,37)(H,35,36)/t27-/m0/s1. The van der Waals surface area contributed by atoms with Gasteiger partial charge in [-0.05, 0) is 53.8 Å². The molecule has 0 saturated heterocycles. The number of hydrogen-bond acceptors (Lipinski definition) is 9. The van der Waals surface area contributed by atoms with E-state index < -0.39 is 35.4 Å². The van der Waals surface area contributed by atoms with Gasteiger partial charge in [0.2, 0.25) is 10.0 Å². The van der Waals surface area contributed by atoms with Gasteiger partial charge in [-0.25, -0.2) is 22.5 Å². The second-order valence-electron chi connectivity index (χ2n) is 11.2. The maximum Gasteiger partial charge on any atom is 0.418 e. The van der Waals surface area contributed by atoms with Crippen molar-refractivity contribution in [2.75, 3.05) is 26.3 Å². The normalized spacial score (nSPS) is 12.5. The van der Waals surface area contributed by atoms with Crippen LogP contribution in [0.3, 0.4) is 0 Å². The van der Waals surface area contributed by atoms with Crippen LogP contribution in [-0.2, 0) is 35.0 Å². The number of carbonyl (C=O) groups excluding carboxylic acids is 2. The smallest absolute Gasteiger partial charge is 0.418 e. The number of ether oxygens (including phenoxy) is 2. The van der Waals surface area contributed by atoms with Crippen molar-refractivity contribution in [3.63, 3.8) is 0 Å². The summed E-state index contributed by atoms with van der Waals surface area (Å²) in [7, 11) is -8.29. The van der Waals surface area contributed by atoms with Crippen molar-refractivity contribution in [1.29, 1.82) is 0 Å². The Labute approximate surface area is 270 Å². The minimum absolute atomic E-state index is 0.0191. The van der Waals surface area contributed by atoms with Crippen LogP contribution in [0.5, 0.6) is 11.5 Å². The van der Waals surface area contributed by atoms with Crippen molar-refractivity contribution in [1.82, 2.24) is 15.4 Å². The van der Waals surface area contributed by atoms with Gasteiger partial charge in [0.1, 0.15) is 18.1 Å². The van der Waals surface area contributed by atoms with E-state index in [4.69, 9.17) is 18.5 Å². The molecule has 46 heavy (non-hydrogen) atoms. The highest BCUT2D eigenvalue weighted by Crippen LogP contribution is 2.49. The maximum absolute atomic E-state index is 13.4. The third-order valence-corrected chi connectivity index (χ3v) is 9.14. The van der Waals surface area contributed by atoms with Crippen LogP contribution in [-0.4, -0.2) is 52.5 Å². The lowest BCUT2D eigenvalue weighted by atomic mass is 10.2. The van der Waals surface area contributed by atoms with E-state index in [1.807, 2.05) is 52.0 Å². The number of alkyl carbamates (subject to hydrolysis) is 1. The van der Waals surface area contributed by atoms with Gasteiger partial charge in [0, 0.05) is 13.1 Å². The van der Waals surface area contributed by atoms with Crippen LogP contribution in [0.25, 0.3) is 0 Å². The first-order valence-electron chi connectivity index (χ1n) is 14.8. The monoisotopic (exact) mass is 675 g/mol. The summed E-state index contributed by atoms with van der Waals surface area (Å²) in [6.45, 7) is 6.69. The highest BCUT2D eigenvalue weighted by molar-refractivity contribution is 7.89. The third-order valence-electron chi connectivity index (χ3n) is 6.07. The lowest BCUT2D eigenvalue weighted by Crippen LogP contribution is -2.50. The van der Waals surface area contributed by atoms with Crippen molar-refractivity contribution < 1.29 is 41.1 Å². The van der Waals surface area contributed by atoms with E-state index in [1.54, 1.807) is 36.4 Å². The van der Waals surface area contributed by atoms with Crippen LogP contribution in [0.1, 0.15) is 33.3 Å². The molecule has 3 N–H and O–H groups in total. The lowest BCUT2D eigenvalue weighted by Gasteiger charge is -2.23. The minimum Gasteiger partial charge on any atom is -0.457 e. The van der Waals surface area contributed by atoms with Crippen LogP contribution >= 0.6 is 7.60 Å². The number of nitrogens with one attached hydrogen (secondary N) is 3. The molecule has 0 aliphatic heterocycles. The Balaban J connectivity index is 1.69. The van der Waals surface area contributed by atoms with Crippen LogP contribution in [0.15, 0.2) is 89.8 Å². The van der Waals surface area contributed by atoms with E-state index in [1.165, 1.54) is 24.3 Å². The molecular formula is C32H42N3O9PS. The molecule has 3 aromatic carbocycles. The molecule has 3 rings (SSSR count). The summed E-state index contributed by atoms with van der Waals surface area (Å²) in [5, 5.41) is 5.04. The molecule has 0 aromatic heterocycles. The highest BCUT2D eigenvalue weighted by atomic mass is 32.2. The molecule has 14 heteroatoms. The molecular weight excluding hydrogens is 633 g/mol. The van der Waals surface area contributed by atoms with Gasteiger partial charge in [-0.3, -0.25) is 4.79 Å². The minimum atomic E-state index is -4.24. The van der Waals surface area contributed by atoms with E-state index in [0.29, 0.717) is 11.5 Å². The maximum atomic E-state index is 13.4. The first-order chi connectivity index (χ1) is 21.9. The fraction of sp³-hybridized carbons (Fsp3) is 0.375. The zero-order chi connectivity index (χ0) is 33.6. The van der Waals surface area contributed by atoms with Gasteiger partial charge < -0.3 is 29.2 Å². The highest BCUT2D eigenvalue weighted by Gasteiger charge is 2.36. The summed E-state index contributed by atoms with van der Waals surface area (Å²) in [4.78, 5) is 25.7. The Morgan fingerprint density at radius 3 is 1.87 bits per heavy atom. The molecule has 1 atom stereocenters. The zero-order valence-corrected chi connectivity index (χ0v) is 28.1. The van der Waals surface area contributed by atoms with Crippen molar-refractivity contribution in [2.24, 2.45) is 11.8 Å². The van der Waals surface area contributed by atoms with Crippen molar-refractivity contribution >= 4 is 29.4 Å². The summed E-state index contributed by atoms with van der Waals surface area (Å²) >= 11 is 0. The third kappa shape index (κ3) is 12.6. The van der Waals surface area contributed by atoms with E-state index in [0.717, 1.165) is 5.56 Å². The second kappa shape index (κ2) is 17.8. The number of sulfonamides is 1. The molecule has 250 valence electrons. The number of para-hydroxylation sites is 1. The van der Waals surface area contributed by atoms with Crippen LogP contribution in [0.2, 0.25) is 0 Å². The van der Waals surface area contributed by atoms with Gasteiger partial charge >= 0.3 is 19.3 Å². The lowest BCUT2D eigenvalue weighted by molar-refractivity contribution is 0.135. The average Bonchev–Trinajstić information content (AvgIpc) is 3.04. The summed E-state index contributed by atoms with van der Waals surface area (Å²) < 4.78 is 63.9. The number of rotatable bonds is 18. The molecule has 0 spiro atoms. The summed E-state index contributed by atoms with van der Waals surface area (Å²) in [6, 6.07) is 22.8. The molecule has 0 aliphatic rings. The molecule has 2 amide bonds. The Morgan fingerprint density at radius 1 is 0.761 bits per heavy atom. The summed E-state index contributed by atoms with van der Waals surface area (Å²) in [5.41, 5.74) is -0.261. The molecule has 0 unspecified atom stereocenters. The van der Waals surface area contributed by atoms with E-state index in [2.05, 4.69) is 15.4 Å². The Morgan fingerprint density at radius 2 is 1.30 bits per heavy atom. The first kappa shape index (κ1) is 36.7. The Hall–Kier alpha value is -3.74. The predicted octanol–water partition coefficient (Wildman–Crippen LogP) is 6.30. The number of amides is 2. The summed E-state index contributed by atoms with van der Waals surface area (Å²) in [6.07, 6.45) is -0.847. The van der Waals surface area contributed by atoms with Gasteiger partial charge in [-0.15, -0.1) is 0 Å². The zero-order valence-electron chi connectivity index (χ0n) is 26.4. The fourth-order valence-electron chi connectivity index (χ4n) is 3.67. The molecule has 0 fully saturated rings. The quantitative estimate of drug-likeness (QED) is 0.132. The molecule has 0 radical (unpaired) electrons. The first-order valence-corrected chi connectivity index (χ1v) is 17.9. The summed E-state index contributed by atoms with van der Waals surface area (Å²) in [5.74, 6) is 0.995. The van der Waals surface area contributed by atoms with Crippen molar-refractivity contribution in [3.05, 3.63) is 90.5 Å². The Bertz CT molecular complexity index is 1520. The molecule has 0 saturated carbocycles. The SMILES string of the molecule is CC(C)COP(=O)(OCC(C)C)C(=O)NC[C@@H](CNS(=O)(=O)c1ccc(Oc2ccccc2)cc1)NC(=O)OCc1ccccc1. The number of benzene rings is 3. The molecule has 0 bridgehead atoms. The van der Waals surface area contributed by atoms with Crippen molar-refractivity contribution in [3.8, 4) is 11.5 Å². The fourth-order valence-corrected chi connectivity index (χ4v) is 6.33. The number of carbonyl (C=O) groups is 2. The average molecular weight is 676 g/mol. The number of hydrogen-bond donors (Lipinski definition) is 3. The van der Waals surface area contributed by atoms with Crippen LogP contribution in [0, 0.1) is 11.8 Å². The Kier molecular flexibility index (Phi) is 14.2. The molecule has 0 heterocycles. The van der Waals surface area contributed by atoms with Crippen LogP contribution in [0.4, 0.5) is 9.59 Å². The van der Waals surface area contributed by atoms with Crippen LogP contribution < -0.4 is 20.1 Å². The van der Waals surface area contributed by atoms with Gasteiger partial charge in [-0.2, -0.15) is 0 Å². The van der Waals surface area contributed by atoms with Gasteiger partial charge in [-0.1, -0.05) is 76.2 Å². The van der Waals surface area contributed by atoms with E-state index in [-0.39, 0.29) is 49.6 Å². The van der Waals surface area contributed by atoms with E-state index >= 15 is 0 Å². The molecule has 12 nitrogen and oxygen atoms in total. The topological polar surface area (TPSA) is 158 Å². The van der Waals surface area contributed by atoms with Crippen molar-refractivity contribution in [2.45, 2.75) is 45.2 Å².